The quantitative estimate of drug-likeness (QED) is 0.613. The van der Waals surface area contributed by atoms with Crippen molar-refractivity contribution in [2.24, 2.45) is 0 Å². The molecule has 0 heterocycles. The van der Waals surface area contributed by atoms with Gasteiger partial charge in [-0.3, -0.25) is 9.59 Å². The Balaban J connectivity index is 1.79. The number of hydrogen-bond acceptors (Lipinski definition) is 4. The minimum absolute atomic E-state index is 0.307. The number of carbonyl (C=O) groups excluding carboxylic acids is 2. The van der Waals surface area contributed by atoms with E-state index in [1.807, 2.05) is 37.3 Å². The zero-order valence-electron chi connectivity index (χ0n) is 13.4. The molecule has 0 spiro atoms. The van der Waals surface area contributed by atoms with Crippen LogP contribution >= 0.6 is 23.4 Å². The van der Waals surface area contributed by atoms with Crippen LogP contribution in [0.15, 0.2) is 53.4 Å². The molecule has 0 aliphatic carbocycles. The van der Waals surface area contributed by atoms with E-state index in [-0.39, 0.29) is 12.5 Å². The fourth-order valence-corrected chi connectivity index (χ4v) is 2.93. The summed E-state index contributed by atoms with van der Waals surface area (Å²) >= 11 is 7.18. The lowest BCUT2D eigenvalue weighted by atomic mass is 10.2. The van der Waals surface area contributed by atoms with Gasteiger partial charge in [0.2, 0.25) is 0 Å². The van der Waals surface area contributed by atoms with Crippen molar-refractivity contribution >= 4 is 40.9 Å². The van der Waals surface area contributed by atoms with Crippen LogP contribution < -0.4 is 5.32 Å². The van der Waals surface area contributed by atoms with Crippen LogP contribution in [0.2, 0.25) is 5.02 Å². The van der Waals surface area contributed by atoms with E-state index >= 15 is 0 Å². The molecule has 0 saturated heterocycles. The molecule has 6 heteroatoms. The number of carbonyl (C=O) groups is 2. The maximum absolute atomic E-state index is 12.0. The molecule has 0 bridgehead atoms. The third-order valence-corrected chi connectivity index (χ3v) is 4.45. The van der Waals surface area contributed by atoms with Crippen molar-refractivity contribution in [3.05, 3.63) is 59.1 Å². The van der Waals surface area contributed by atoms with Crippen molar-refractivity contribution < 1.29 is 14.3 Å². The molecule has 0 unspecified atom stereocenters. The summed E-state index contributed by atoms with van der Waals surface area (Å²) in [6.07, 6.45) is 0. The second-order valence-corrected chi connectivity index (χ2v) is 7.09. The number of halogens is 1. The van der Waals surface area contributed by atoms with E-state index in [9.17, 15) is 9.59 Å². The zero-order valence-corrected chi connectivity index (χ0v) is 15.0. The number of esters is 1. The van der Waals surface area contributed by atoms with E-state index in [1.54, 1.807) is 25.1 Å². The normalized spacial score (nSPS) is 11.6. The summed E-state index contributed by atoms with van der Waals surface area (Å²) in [6.45, 7) is 3.36. The van der Waals surface area contributed by atoms with Gasteiger partial charge < -0.3 is 10.1 Å². The van der Waals surface area contributed by atoms with E-state index in [0.717, 1.165) is 10.5 Å². The monoisotopic (exact) mass is 363 g/mol. The van der Waals surface area contributed by atoms with E-state index in [2.05, 4.69) is 5.32 Å². The molecule has 2 aromatic rings. The van der Waals surface area contributed by atoms with Crippen molar-refractivity contribution in [3.8, 4) is 0 Å². The van der Waals surface area contributed by atoms with Gasteiger partial charge in [0.1, 0.15) is 5.25 Å². The smallest absolute Gasteiger partial charge is 0.319 e. The summed E-state index contributed by atoms with van der Waals surface area (Å²) in [4.78, 5) is 24.7. The van der Waals surface area contributed by atoms with Gasteiger partial charge in [0.05, 0.1) is 0 Å². The second-order valence-electron chi connectivity index (χ2n) is 5.24. The van der Waals surface area contributed by atoms with Crippen molar-refractivity contribution in [3.63, 3.8) is 0 Å². The maximum atomic E-state index is 12.0. The van der Waals surface area contributed by atoms with Gasteiger partial charge in [-0.2, -0.15) is 0 Å². The number of thioether (sulfide) groups is 1. The van der Waals surface area contributed by atoms with Crippen LogP contribution in [-0.2, 0) is 14.3 Å². The third kappa shape index (κ3) is 5.91. The molecule has 4 nitrogen and oxygen atoms in total. The number of aryl methyl sites for hydroxylation is 1. The molecule has 1 amide bonds. The van der Waals surface area contributed by atoms with E-state index in [0.29, 0.717) is 10.7 Å². The molecule has 0 aliphatic heterocycles. The van der Waals surface area contributed by atoms with Gasteiger partial charge in [0.25, 0.3) is 5.91 Å². The summed E-state index contributed by atoms with van der Waals surface area (Å²) in [6, 6.07) is 14.6. The molecule has 2 rings (SSSR count). The lowest BCUT2D eigenvalue weighted by Gasteiger charge is -2.11. The van der Waals surface area contributed by atoms with Gasteiger partial charge in [-0.05, 0) is 55.8 Å². The van der Waals surface area contributed by atoms with Crippen molar-refractivity contribution in [1.82, 2.24) is 0 Å². The van der Waals surface area contributed by atoms with Crippen LogP contribution in [-0.4, -0.2) is 23.7 Å². The van der Waals surface area contributed by atoms with Crippen LogP contribution in [0.3, 0.4) is 0 Å². The molecule has 0 fully saturated rings. The van der Waals surface area contributed by atoms with Gasteiger partial charge in [-0.1, -0.05) is 23.7 Å². The molecule has 0 aliphatic rings. The van der Waals surface area contributed by atoms with Crippen LogP contribution in [0.25, 0.3) is 0 Å². The molecule has 1 atom stereocenters. The van der Waals surface area contributed by atoms with Gasteiger partial charge >= 0.3 is 5.97 Å². The molecular weight excluding hydrogens is 346 g/mol. The number of hydrogen-bond donors (Lipinski definition) is 1. The van der Waals surface area contributed by atoms with E-state index in [4.69, 9.17) is 16.3 Å². The first-order valence-corrected chi connectivity index (χ1v) is 8.65. The Kier molecular flexibility index (Phi) is 6.70. The molecule has 2 aromatic carbocycles. The highest BCUT2D eigenvalue weighted by atomic mass is 35.5. The molecule has 0 aromatic heterocycles. The maximum Gasteiger partial charge on any atom is 0.319 e. The summed E-state index contributed by atoms with van der Waals surface area (Å²) < 4.78 is 5.07. The first kappa shape index (κ1) is 18.4. The molecule has 0 saturated carbocycles. The zero-order chi connectivity index (χ0) is 17.5. The lowest BCUT2D eigenvalue weighted by molar-refractivity contribution is -0.146. The SMILES string of the molecule is Cc1cccc(NC(=O)COC(=O)[C@H](C)Sc2ccc(Cl)cc2)c1. The number of benzene rings is 2. The number of ether oxygens (including phenoxy) is 1. The largest absolute Gasteiger partial charge is 0.455 e. The Labute approximate surface area is 150 Å². The Morgan fingerprint density at radius 2 is 1.92 bits per heavy atom. The van der Waals surface area contributed by atoms with Crippen LogP contribution in [0.5, 0.6) is 0 Å². The lowest BCUT2D eigenvalue weighted by Crippen LogP contribution is -2.24. The van der Waals surface area contributed by atoms with E-state index in [1.165, 1.54) is 11.8 Å². The number of rotatable bonds is 6. The van der Waals surface area contributed by atoms with Crippen molar-refractivity contribution in [1.29, 1.82) is 0 Å². The highest BCUT2D eigenvalue weighted by molar-refractivity contribution is 8.00. The standard InChI is InChI=1S/C18H18ClNO3S/c1-12-4-3-5-15(10-12)20-17(21)11-23-18(22)13(2)24-16-8-6-14(19)7-9-16/h3-10,13H,11H2,1-2H3,(H,20,21)/t13-/m0/s1. The third-order valence-electron chi connectivity index (χ3n) is 3.11. The Morgan fingerprint density at radius 1 is 1.21 bits per heavy atom. The van der Waals surface area contributed by atoms with Crippen molar-refractivity contribution in [2.75, 3.05) is 11.9 Å². The van der Waals surface area contributed by atoms with Gasteiger partial charge in [-0.15, -0.1) is 11.8 Å². The minimum Gasteiger partial charge on any atom is -0.455 e. The van der Waals surface area contributed by atoms with E-state index < -0.39 is 11.2 Å². The van der Waals surface area contributed by atoms with Gasteiger partial charge in [0.15, 0.2) is 6.61 Å². The summed E-state index contributed by atoms with van der Waals surface area (Å²) in [5, 5.41) is 2.92. The minimum atomic E-state index is -0.436. The summed E-state index contributed by atoms with van der Waals surface area (Å²) in [5.74, 6) is -0.799. The van der Waals surface area contributed by atoms with Crippen LogP contribution in [0, 0.1) is 6.92 Å². The fraction of sp³-hybridized carbons (Fsp3) is 0.222. The number of nitrogens with one attached hydrogen (secondary N) is 1. The Bertz CT molecular complexity index is 718. The highest BCUT2D eigenvalue weighted by Crippen LogP contribution is 2.25. The fourth-order valence-electron chi connectivity index (χ4n) is 1.94. The van der Waals surface area contributed by atoms with Gasteiger partial charge in [-0.25, -0.2) is 0 Å². The Morgan fingerprint density at radius 3 is 2.58 bits per heavy atom. The molecule has 1 N–H and O–H groups in total. The van der Waals surface area contributed by atoms with Crippen LogP contribution in [0.1, 0.15) is 12.5 Å². The topological polar surface area (TPSA) is 55.4 Å². The summed E-state index contributed by atoms with van der Waals surface area (Å²) in [7, 11) is 0. The average molecular weight is 364 g/mol. The number of anilines is 1. The average Bonchev–Trinajstić information content (AvgIpc) is 2.54. The molecular formula is C18H18ClNO3S. The predicted molar refractivity (Wildman–Crippen MR) is 97.5 cm³/mol. The molecule has 0 radical (unpaired) electrons. The molecule has 24 heavy (non-hydrogen) atoms. The number of amides is 1. The van der Waals surface area contributed by atoms with Crippen molar-refractivity contribution in [2.45, 2.75) is 24.0 Å². The van der Waals surface area contributed by atoms with Gasteiger partial charge in [0, 0.05) is 15.6 Å². The Hall–Kier alpha value is -1.98. The van der Waals surface area contributed by atoms with Crippen LogP contribution in [0.4, 0.5) is 5.69 Å². The molecule has 126 valence electrons. The first-order valence-electron chi connectivity index (χ1n) is 7.39. The highest BCUT2D eigenvalue weighted by Gasteiger charge is 2.17. The predicted octanol–water partition coefficient (Wildman–Crippen LogP) is 4.31. The summed E-state index contributed by atoms with van der Waals surface area (Å²) in [5.41, 5.74) is 1.72. The second kappa shape index (κ2) is 8.76. The first-order chi connectivity index (χ1) is 11.4.